The number of aliphatic hydroxyl groups is 1. The van der Waals surface area contributed by atoms with Crippen LogP contribution in [0.1, 0.15) is 32.6 Å². The maximum absolute atomic E-state index is 11.7. The average molecular weight is 242 g/mol. The van der Waals surface area contributed by atoms with E-state index in [-0.39, 0.29) is 24.3 Å². The lowest BCUT2D eigenvalue weighted by Gasteiger charge is -2.17. The predicted molar refractivity (Wildman–Crippen MR) is 64.2 cm³/mol. The van der Waals surface area contributed by atoms with E-state index in [0.717, 1.165) is 19.3 Å². The molecular formula is C12H22N2O3. The fourth-order valence-electron chi connectivity index (χ4n) is 2.12. The Morgan fingerprint density at radius 2 is 2.35 bits per heavy atom. The monoisotopic (exact) mass is 242 g/mol. The highest BCUT2D eigenvalue weighted by molar-refractivity contribution is 5.89. The SMILES string of the molecule is CCCC(CCO)CNC(=O)C1CNC(=O)C1. The third kappa shape index (κ3) is 4.73. The van der Waals surface area contributed by atoms with Gasteiger partial charge in [0.05, 0.1) is 5.92 Å². The molecule has 0 saturated carbocycles. The molecular weight excluding hydrogens is 220 g/mol. The van der Waals surface area contributed by atoms with E-state index in [0.29, 0.717) is 25.4 Å². The fraction of sp³-hybridized carbons (Fsp3) is 0.833. The largest absolute Gasteiger partial charge is 0.396 e. The van der Waals surface area contributed by atoms with Crippen molar-refractivity contribution >= 4 is 11.8 Å². The third-order valence-corrected chi connectivity index (χ3v) is 3.15. The Morgan fingerprint density at radius 1 is 1.59 bits per heavy atom. The Hall–Kier alpha value is -1.10. The second-order valence-electron chi connectivity index (χ2n) is 4.62. The molecule has 0 aromatic rings. The summed E-state index contributed by atoms with van der Waals surface area (Å²) in [7, 11) is 0. The van der Waals surface area contributed by atoms with Crippen molar-refractivity contribution in [3.8, 4) is 0 Å². The van der Waals surface area contributed by atoms with Crippen LogP contribution in [0.2, 0.25) is 0 Å². The first kappa shape index (κ1) is 14.0. The van der Waals surface area contributed by atoms with Crippen LogP contribution in [-0.2, 0) is 9.59 Å². The summed E-state index contributed by atoms with van der Waals surface area (Å²) in [6, 6.07) is 0. The zero-order valence-electron chi connectivity index (χ0n) is 10.4. The number of amides is 2. The first-order valence-electron chi connectivity index (χ1n) is 6.32. The lowest BCUT2D eigenvalue weighted by atomic mass is 9.99. The fourth-order valence-corrected chi connectivity index (χ4v) is 2.12. The molecule has 2 atom stereocenters. The highest BCUT2D eigenvalue weighted by Crippen LogP contribution is 2.12. The van der Waals surface area contributed by atoms with Crippen LogP contribution in [0, 0.1) is 11.8 Å². The molecule has 5 heteroatoms. The van der Waals surface area contributed by atoms with Crippen LogP contribution < -0.4 is 10.6 Å². The van der Waals surface area contributed by atoms with E-state index in [1.54, 1.807) is 0 Å². The summed E-state index contributed by atoms with van der Waals surface area (Å²) < 4.78 is 0. The van der Waals surface area contributed by atoms with Gasteiger partial charge in [0.2, 0.25) is 11.8 Å². The van der Waals surface area contributed by atoms with Gasteiger partial charge in [0.1, 0.15) is 0 Å². The van der Waals surface area contributed by atoms with Crippen molar-refractivity contribution < 1.29 is 14.7 Å². The summed E-state index contributed by atoms with van der Waals surface area (Å²) in [5.74, 6) is 0.00549. The first-order valence-corrected chi connectivity index (χ1v) is 6.32. The molecule has 0 aromatic carbocycles. The number of hydrogen-bond donors (Lipinski definition) is 3. The van der Waals surface area contributed by atoms with Crippen molar-refractivity contribution in [1.29, 1.82) is 0 Å². The highest BCUT2D eigenvalue weighted by atomic mass is 16.3. The molecule has 2 amide bonds. The molecule has 1 aliphatic rings. The smallest absolute Gasteiger partial charge is 0.225 e. The van der Waals surface area contributed by atoms with Gasteiger partial charge < -0.3 is 15.7 Å². The minimum atomic E-state index is -0.223. The molecule has 2 unspecified atom stereocenters. The topological polar surface area (TPSA) is 78.4 Å². The van der Waals surface area contributed by atoms with Crippen molar-refractivity contribution in [2.24, 2.45) is 11.8 Å². The van der Waals surface area contributed by atoms with Gasteiger partial charge in [-0.05, 0) is 18.8 Å². The number of carbonyl (C=O) groups is 2. The van der Waals surface area contributed by atoms with Gasteiger partial charge in [-0.1, -0.05) is 13.3 Å². The van der Waals surface area contributed by atoms with Crippen LogP contribution in [-0.4, -0.2) is 36.6 Å². The molecule has 98 valence electrons. The molecule has 1 saturated heterocycles. The second-order valence-corrected chi connectivity index (χ2v) is 4.62. The van der Waals surface area contributed by atoms with Gasteiger partial charge >= 0.3 is 0 Å². The minimum absolute atomic E-state index is 0.0504. The van der Waals surface area contributed by atoms with Crippen molar-refractivity contribution in [3.05, 3.63) is 0 Å². The maximum atomic E-state index is 11.7. The zero-order valence-corrected chi connectivity index (χ0v) is 10.4. The predicted octanol–water partition coefficient (Wildman–Crippen LogP) is 0.0374. The van der Waals surface area contributed by atoms with Gasteiger partial charge in [-0.2, -0.15) is 0 Å². The number of carbonyl (C=O) groups excluding carboxylic acids is 2. The van der Waals surface area contributed by atoms with Crippen LogP contribution in [0.3, 0.4) is 0 Å². The summed E-state index contributed by atoms with van der Waals surface area (Å²) in [6.45, 7) is 3.29. The molecule has 17 heavy (non-hydrogen) atoms. The van der Waals surface area contributed by atoms with E-state index in [1.807, 2.05) is 0 Å². The van der Waals surface area contributed by atoms with Gasteiger partial charge in [0, 0.05) is 26.1 Å². The Balaban J connectivity index is 2.27. The average Bonchev–Trinajstić information content (AvgIpc) is 2.73. The molecule has 0 aliphatic carbocycles. The van der Waals surface area contributed by atoms with E-state index in [1.165, 1.54) is 0 Å². The Morgan fingerprint density at radius 3 is 2.88 bits per heavy atom. The van der Waals surface area contributed by atoms with Crippen molar-refractivity contribution in [2.75, 3.05) is 19.7 Å². The van der Waals surface area contributed by atoms with Crippen LogP contribution in [0.25, 0.3) is 0 Å². The minimum Gasteiger partial charge on any atom is -0.396 e. The van der Waals surface area contributed by atoms with Crippen LogP contribution in [0.4, 0.5) is 0 Å². The molecule has 1 heterocycles. The molecule has 3 N–H and O–H groups in total. The number of hydrogen-bond acceptors (Lipinski definition) is 3. The zero-order chi connectivity index (χ0) is 12.7. The quantitative estimate of drug-likeness (QED) is 0.589. The molecule has 1 aliphatic heterocycles. The van der Waals surface area contributed by atoms with Crippen LogP contribution >= 0.6 is 0 Å². The summed E-state index contributed by atoms with van der Waals surface area (Å²) >= 11 is 0. The summed E-state index contributed by atoms with van der Waals surface area (Å²) in [4.78, 5) is 22.7. The van der Waals surface area contributed by atoms with Crippen molar-refractivity contribution in [3.63, 3.8) is 0 Å². The van der Waals surface area contributed by atoms with E-state index >= 15 is 0 Å². The number of aliphatic hydroxyl groups excluding tert-OH is 1. The molecule has 0 aromatic heterocycles. The van der Waals surface area contributed by atoms with E-state index in [2.05, 4.69) is 17.6 Å². The van der Waals surface area contributed by atoms with Gasteiger partial charge in [0.25, 0.3) is 0 Å². The summed E-state index contributed by atoms with van der Waals surface area (Å²) in [6.07, 6.45) is 3.06. The van der Waals surface area contributed by atoms with Gasteiger partial charge in [-0.15, -0.1) is 0 Å². The molecule has 1 rings (SSSR count). The van der Waals surface area contributed by atoms with Crippen molar-refractivity contribution in [2.45, 2.75) is 32.6 Å². The maximum Gasteiger partial charge on any atom is 0.225 e. The molecule has 1 fully saturated rings. The molecule has 0 radical (unpaired) electrons. The second kappa shape index (κ2) is 7.27. The van der Waals surface area contributed by atoms with E-state index in [4.69, 9.17) is 5.11 Å². The highest BCUT2D eigenvalue weighted by Gasteiger charge is 2.27. The lowest BCUT2D eigenvalue weighted by molar-refractivity contribution is -0.126. The summed E-state index contributed by atoms with van der Waals surface area (Å²) in [5.41, 5.74) is 0. The van der Waals surface area contributed by atoms with Gasteiger partial charge in [0.15, 0.2) is 0 Å². The Kier molecular flexibility index (Phi) is 5.97. The first-order chi connectivity index (χ1) is 8.17. The molecule has 5 nitrogen and oxygen atoms in total. The van der Waals surface area contributed by atoms with Gasteiger partial charge in [-0.25, -0.2) is 0 Å². The Bertz CT molecular complexity index is 262. The number of rotatable bonds is 7. The number of nitrogens with one attached hydrogen (secondary N) is 2. The third-order valence-electron chi connectivity index (χ3n) is 3.15. The standard InChI is InChI=1S/C12H22N2O3/c1-2-3-9(4-5-15)7-14-12(17)10-6-11(16)13-8-10/h9-10,15H,2-8H2,1H3,(H,13,16)(H,14,17). The molecule has 0 spiro atoms. The van der Waals surface area contributed by atoms with Crippen molar-refractivity contribution in [1.82, 2.24) is 10.6 Å². The normalized spacial score (nSPS) is 21.1. The summed E-state index contributed by atoms with van der Waals surface area (Å²) in [5, 5.41) is 14.4. The Labute approximate surface area is 102 Å². The lowest BCUT2D eigenvalue weighted by Crippen LogP contribution is -2.35. The van der Waals surface area contributed by atoms with E-state index < -0.39 is 0 Å². The molecule has 0 bridgehead atoms. The van der Waals surface area contributed by atoms with E-state index in [9.17, 15) is 9.59 Å². The van der Waals surface area contributed by atoms with Gasteiger partial charge in [-0.3, -0.25) is 9.59 Å². The van der Waals surface area contributed by atoms with Crippen LogP contribution in [0.5, 0.6) is 0 Å². The van der Waals surface area contributed by atoms with Crippen LogP contribution in [0.15, 0.2) is 0 Å².